The van der Waals surface area contributed by atoms with Crippen molar-refractivity contribution in [3.63, 3.8) is 0 Å². The molecule has 2 aliphatic rings. The molecule has 3 unspecified atom stereocenters. The molecule has 19 nitrogen and oxygen atoms in total. The minimum atomic E-state index is -5.23. The molecule has 208 valence electrons. The molecule has 0 radical (unpaired) electrons. The van der Waals surface area contributed by atoms with Gasteiger partial charge < -0.3 is 33.6 Å². The summed E-state index contributed by atoms with van der Waals surface area (Å²) < 4.78 is 59.1. The number of fused-ring (bicyclic) bond motifs is 1. The highest BCUT2D eigenvalue weighted by molar-refractivity contribution is 7.72. The van der Waals surface area contributed by atoms with Crippen molar-refractivity contribution in [2.45, 2.75) is 45.3 Å². The number of esters is 2. The van der Waals surface area contributed by atoms with Crippen LogP contribution in [0.2, 0.25) is 0 Å². The van der Waals surface area contributed by atoms with E-state index in [1.54, 1.807) is 0 Å². The van der Waals surface area contributed by atoms with Crippen LogP contribution in [-0.4, -0.2) is 67.2 Å². The van der Waals surface area contributed by atoms with E-state index in [0.29, 0.717) is 0 Å². The second-order valence-electron chi connectivity index (χ2n) is 7.55. The Kier molecular flexibility index (Phi) is 8.26. The lowest BCUT2D eigenvalue weighted by molar-refractivity contribution is -0.215. The molecule has 2 aromatic rings. The van der Waals surface area contributed by atoms with Crippen molar-refractivity contribution in [2.24, 2.45) is 4.99 Å². The van der Waals surface area contributed by atoms with Gasteiger partial charge in [0.1, 0.15) is 12.4 Å². The highest BCUT2D eigenvalue weighted by Gasteiger charge is 2.52. The summed E-state index contributed by atoms with van der Waals surface area (Å²) in [6.07, 6.45) is -2.82. The van der Waals surface area contributed by atoms with Gasteiger partial charge in [-0.25, -0.2) is 37.4 Å². The van der Waals surface area contributed by atoms with Crippen molar-refractivity contribution in [1.82, 2.24) is 19.5 Å². The van der Waals surface area contributed by atoms with Crippen molar-refractivity contribution in [3.05, 3.63) is 12.7 Å². The maximum atomic E-state index is 11.9. The van der Waals surface area contributed by atoms with Crippen LogP contribution in [-0.2, 0) is 50.4 Å². The Morgan fingerprint density at radius 2 is 1.84 bits per heavy atom. The van der Waals surface area contributed by atoms with Crippen molar-refractivity contribution in [1.29, 1.82) is 0 Å². The molecule has 4 heterocycles. The molecule has 2 saturated heterocycles. The summed E-state index contributed by atoms with van der Waals surface area (Å²) in [5.74, 6) is -2.15. The number of aromatic nitrogens is 4. The molecule has 0 amide bonds. The molecular weight excluding hydrogens is 579 g/mol. The number of hydrogen-bond acceptors (Lipinski definition) is 17. The van der Waals surface area contributed by atoms with Gasteiger partial charge in [0.2, 0.25) is 0 Å². The largest absolute Gasteiger partial charge is 0.862 e. The number of aliphatic imine (C=N–C) groups is 1. The molecule has 7 atom stereocenters. The van der Waals surface area contributed by atoms with Crippen LogP contribution in [0.15, 0.2) is 17.6 Å². The maximum absolute atomic E-state index is 11.9. The first-order valence-electron chi connectivity index (χ1n) is 10.3. The summed E-state index contributed by atoms with van der Waals surface area (Å²) in [5, 5.41) is 11.5. The Bertz CT molecular complexity index is 1340. The number of carbonyl (C=O) groups excluding carboxylic acids is 2. The van der Waals surface area contributed by atoms with Crippen LogP contribution in [0.5, 0.6) is 0 Å². The van der Waals surface area contributed by atoms with Gasteiger partial charge in [-0.2, -0.15) is 0 Å². The molecule has 0 aliphatic carbocycles. The fraction of sp³-hybridized carbons (Fsp3) is 0.500. The van der Waals surface area contributed by atoms with E-state index in [9.17, 15) is 33.6 Å². The highest BCUT2D eigenvalue weighted by Crippen LogP contribution is 2.75. The zero-order chi connectivity index (χ0) is 27.8. The average molecular weight is 597 g/mol. The molecule has 1 N–H and O–H groups in total. The molecule has 4 rings (SSSR count). The topological polar surface area (TPSA) is 255 Å². The van der Waals surface area contributed by atoms with Crippen LogP contribution in [0.3, 0.4) is 0 Å². The Labute approximate surface area is 213 Å². The summed E-state index contributed by atoms with van der Waals surface area (Å²) in [4.78, 5) is 60.7. The standard InChI is InChI=1S/C16H20N5O14P3/c1-7(22)20-14-11-15(18-5-17-14)21(6-19-11)16-13(31-9(3)24)12(30-8(2)23)10(32-16)4-29-36-33-37(25,26)35-38(27,28)34-36/h5-6,10,12-13,16H,4H2,1-3H3,(H,25,26)(H,27,28)(H,17,18,20,22)/p-2/t10-,12-,13-,16-/m1/s1. The number of hydrogen-bond donors (Lipinski definition) is 1. The van der Waals surface area contributed by atoms with Gasteiger partial charge in [-0.15, -0.1) is 0 Å². The third kappa shape index (κ3) is 6.58. The second-order valence-corrected chi connectivity index (χ2v) is 12.0. The summed E-state index contributed by atoms with van der Waals surface area (Å²) >= 11 is 0. The van der Waals surface area contributed by atoms with E-state index in [1.165, 1.54) is 17.8 Å². The molecule has 0 aromatic carbocycles. The fourth-order valence-corrected chi connectivity index (χ4v) is 7.64. The van der Waals surface area contributed by atoms with E-state index in [4.69, 9.17) is 18.7 Å². The first kappa shape index (κ1) is 28.6. The molecule has 2 aromatic heterocycles. The Morgan fingerprint density at radius 1 is 1.16 bits per heavy atom. The molecule has 2 aliphatic heterocycles. The molecule has 0 bridgehead atoms. The maximum Gasteiger partial charge on any atom is 0.485 e. The molecule has 38 heavy (non-hydrogen) atoms. The molecular formula is C16H18N5O14P3-2. The number of rotatable bonds is 7. The van der Waals surface area contributed by atoms with Gasteiger partial charge in [-0.05, 0) is 12.8 Å². The molecule has 0 saturated carbocycles. The number of phosphoric acid groups is 2. The Balaban J connectivity index is 1.66. The summed E-state index contributed by atoms with van der Waals surface area (Å²) in [6.45, 7) is 2.76. The van der Waals surface area contributed by atoms with Gasteiger partial charge in [0.25, 0.3) is 7.82 Å². The minimum Gasteiger partial charge on any atom is -0.862 e. The van der Waals surface area contributed by atoms with Crippen LogP contribution >= 0.6 is 24.2 Å². The highest BCUT2D eigenvalue weighted by atomic mass is 31.3. The predicted octanol–water partition coefficient (Wildman–Crippen LogP) is -0.127. The van der Waals surface area contributed by atoms with E-state index in [1.807, 2.05) is 0 Å². The minimum absolute atomic E-state index is 0.0354. The van der Waals surface area contributed by atoms with Crippen LogP contribution < -0.4 is 10.00 Å². The van der Waals surface area contributed by atoms with Gasteiger partial charge in [0.05, 0.1) is 12.9 Å². The van der Waals surface area contributed by atoms with Gasteiger partial charge in [-0.3, -0.25) is 18.7 Å². The number of ether oxygens (including phenoxy) is 3. The monoisotopic (exact) mass is 597 g/mol. The summed E-state index contributed by atoms with van der Waals surface area (Å²) in [5.41, 5.74) is 0.216. The molecule has 2 fully saturated rings. The third-order valence-electron chi connectivity index (χ3n) is 4.65. The zero-order valence-corrected chi connectivity index (χ0v) is 22.2. The fourth-order valence-electron chi connectivity index (χ4n) is 3.49. The quantitative estimate of drug-likeness (QED) is 0.189. The van der Waals surface area contributed by atoms with Gasteiger partial charge >= 0.3 is 28.4 Å². The van der Waals surface area contributed by atoms with Crippen molar-refractivity contribution in [2.75, 3.05) is 6.61 Å². The zero-order valence-electron chi connectivity index (χ0n) is 19.5. The summed E-state index contributed by atoms with van der Waals surface area (Å²) in [7, 11) is -13.2. The van der Waals surface area contributed by atoms with Gasteiger partial charge in [-0.1, -0.05) is 0 Å². The third-order valence-corrected chi connectivity index (χ3v) is 9.33. The van der Waals surface area contributed by atoms with E-state index >= 15 is 0 Å². The van der Waals surface area contributed by atoms with Crippen molar-refractivity contribution in [3.8, 4) is 0 Å². The van der Waals surface area contributed by atoms with Crippen LogP contribution in [0.25, 0.3) is 11.2 Å². The number of carbonyl (C=O) groups is 2. The summed E-state index contributed by atoms with van der Waals surface area (Å²) in [6, 6.07) is 0. The SMILES string of the molecule is CC(=O)O[C@@H]1[C@H](OC(C)=O)[C@@H](COP2OP(=O)([O-])OP(=O)(O)O2)O[C@H]1n1cnc2c(N=C(C)[O-])ncnc21. The average Bonchev–Trinajstić information content (AvgIpc) is 3.32. The van der Waals surface area contributed by atoms with E-state index < -0.39 is 73.2 Å². The first-order chi connectivity index (χ1) is 17.7. The lowest BCUT2D eigenvalue weighted by atomic mass is 10.1. The lowest BCUT2D eigenvalue weighted by Gasteiger charge is -2.33. The van der Waals surface area contributed by atoms with Crippen LogP contribution in [0.1, 0.15) is 27.0 Å². The Hall–Kier alpha value is -2.43. The van der Waals surface area contributed by atoms with Gasteiger partial charge in [0, 0.05) is 13.8 Å². The number of nitrogens with zero attached hydrogens (tertiary/aromatic N) is 5. The molecule has 22 heteroatoms. The van der Waals surface area contributed by atoms with Crippen molar-refractivity contribution < 1.29 is 65.3 Å². The normalized spacial score (nSPS) is 33.8. The van der Waals surface area contributed by atoms with E-state index in [-0.39, 0.29) is 17.0 Å². The first-order valence-corrected chi connectivity index (χ1v) is 14.4. The van der Waals surface area contributed by atoms with E-state index in [0.717, 1.165) is 20.2 Å². The smallest absolute Gasteiger partial charge is 0.485 e. The number of imidazole rings is 1. The second kappa shape index (κ2) is 11.0. The van der Waals surface area contributed by atoms with Crippen LogP contribution in [0.4, 0.5) is 5.82 Å². The van der Waals surface area contributed by atoms with Crippen molar-refractivity contribution >= 4 is 59.1 Å². The Morgan fingerprint density at radius 3 is 2.47 bits per heavy atom. The van der Waals surface area contributed by atoms with E-state index in [2.05, 4.69) is 32.9 Å². The molecule has 0 spiro atoms. The predicted molar refractivity (Wildman–Crippen MR) is 117 cm³/mol. The lowest BCUT2D eigenvalue weighted by Crippen LogP contribution is -2.40. The van der Waals surface area contributed by atoms with Crippen LogP contribution in [0, 0.1) is 0 Å². The van der Waals surface area contributed by atoms with Gasteiger partial charge in [0.15, 0.2) is 35.4 Å².